The summed E-state index contributed by atoms with van der Waals surface area (Å²) in [6, 6.07) is 20.6. The van der Waals surface area contributed by atoms with Crippen LogP contribution in [0.2, 0.25) is 51.9 Å². The molecule has 2 aromatic rings. The van der Waals surface area contributed by atoms with Gasteiger partial charge < -0.3 is 0 Å². The van der Waals surface area contributed by atoms with Gasteiger partial charge in [0.05, 0.1) is 16.1 Å². The molecule has 0 nitrogen and oxygen atoms in total. The van der Waals surface area contributed by atoms with Crippen LogP contribution in [0.15, 0.2) is 48.5 Å². The predicted octanol–water partition coefficient (Wildman–Crippen LogP) is 3.99. The molecule has 24 heavy (non-hydrogen) atoms. The lowest BCUT2D eigenvalue weighted by molar-refractivity contribution is 1.39. The van der Waals surface area contributed by atoms with E-state index < -0.39 is 24.2 Å². The third kappa shape index (κ3) is 4.01. The van der Waals surface area contributed by atoms with Gasteiger partial charge in [0.15, 0.2) is 0 Å². The van der Waals surface area contributed by atoms with Crippen LogP contribution < -0.4 is 20.7 Å². The first-order valence-corrected chi connectivity index (χ1v) is 18.9. The Morgan fingerprint density at radius 2 is 0.750 bits per heavy atom. The monoisotopic (exact) mass is 370 g/mol. The van der Waals surface area contributed by atoms with E-state index in [0.717, 1.165) is 0 Å². The summed E-state index contributed by atoms with van der Waals surface area (Å²) in [4.78, 5) is 0. The molecule has 0 atom stereocenters. The van der Waals surface area contributed by atoms with Crippen molar-refractivity contribution in [2.24, 2.45) is 0 Å². The fraction of sp³-hybridized carbons (Fsp3) is 0.429. The standard InChI is InChI=1S/C21H34Si3/c1-9-24(8,20-14-10-18(11-15-20)22(2,3)4)21-16-12-19(13-17-21)23(5,6)7/h10-17H,9H2,1-8H3. The summed E-state index contributed by atoms with van der Waals surface area (Å²) < 4.78 is 0. The van der Waals surface area contributed by atoms with Crippen LogP contribution in [0, 0.1) is 0 Å². The molecular weight excluding hydrogens is 336 g/mol. The fourth-order valence-electron chi connectivity index (χ4n) is 3.25. The van der Waals surface area contributed by atoms with E-state index in [0.29, 0.717) is 0 Å². The van der Waals surface area contributed by atoms with Gasteiger partial charge in [-0.2, -0.15) is 0 Å². The van der Waals surface area contributed by atoms with Crippen LogP contribution in [0.3, 0.4) is 0 Å². The molecule has 2 rings (SSSR count). The molecule has 0 saturated heterocycles. The van der Waals surface area contributed by atoms with Crippen molar-refractivity contribution in [1.29, 1.82) is 0 Å². The zero-order chi connectivity index (χ0) is 18.2. The maximum Gasteiger partial charge on any atom is 0.114 e. The summed E-state index contributed by atoms with van der Waals surface area (Å²) in [7, 11) is -4.04. The number of benzene rings is 2. The lowest BCUT2D eigenvalue weighted by Crippen LogP contribution is -2.56. The van der Waals surface area contributed by atoms with Gasteiger partial charge in [-0.25, -0.2) is 0 Å². The summed E-state index contributed by atoms with van der Waals surface area (Å²) in [5, 5.41) is 6.28. The van der Waals surface area contributed by atoms with Crippen molar-refractivity contribution >= 4 is 45.0 Å². The molecular formula is C21H34Si3. The minimum Gasteiger partial charge on any atom is -0.0672 e. The molecule has 3 heteroatoms. The van der Waals surface area contributed by atoms with E-state index in [1.165, 1.54) is 6.04 Å². The van der Waals surface area contributed by atoms with Crippen LogP contribution in [0.25, 0.3) is 0 Å². The molecule has 0 aliphatic carbocycles. The summed E-state index contributed by atoms with van der Waals surface area (Å²) in [6.07, 6.45) is 0. The van der Waals surface area contributed by atoms with Crippen molar-refractivity contribution in [1.82, 2.24) is 0 Å². The van der Waals surface area contributed by atoms with E-state index in [1.54, 1.807) is 20.7 Å². The zero-order valence-electron chi connectivity index (χ0n) is 16.8. The van der Waals surface area contributed by atoms with Gasteiger partial charge in [0.2, 0.25) is 0 Å². The van der Waals surface area contributed by atoms with Crippen LogP contribution in [-0.2, 0) is 0 Å². The number of hydrogen-bond acceptors (Lipinski definition) is 0. The van der Waals surface area contributed by atoms with Crippen molar-refractivity contribution in [3.63, 3.8) is 0 Å². The minimum atomic E-state index is -1.61. The van der Waals surface area contributed by atoms with Gasteiger partial charge in [-0.15, -0.1) is 0 Å². The van der Waals surface area contributed by atoms with Crippen LogP contribution in [-0.4, -0.2) is 24.2 Å². The molecule has 0 bridgehead atoms. The zero-order valence-corrected chi connectivity index (χ0v) is 19.8. The van der Waals surface area contributed by atoms with Gasteiger partial charge in [-0.1, -0.05) is 128 Å². The van der Waals surface area contributed by atoms with Crippen LogP contribution >= 0.6 is 0 Å². The smallest absolute Gasteiger partial charge is 0.0672 e. The summed E-state index contributed by atoms with van der Waals surface area (Å²) in [5.74, 6) is 0. The molecule has 0 unspecified atom stereocenters. The van der Waals surface area contributed by atoms with Gasteiger partial charge in [-0.3, -0.25) is 0 Å². The molecule has 0 aliphatic rings. The summed E-state index contributed by atoms with van der Waals surface area (Å²) in [5.41, 5.74) is 0. The quantitative estimate of drug-likeness (QED) is 0.698. The third-order valence-electron chi connectivity index (χ3n) is 5.48. The molecule has 130 valence electrons. The van der Waals surface area contributed by atoms with Crippen molar-refractivity contribution in [2.75, 3.05) is 0 Å². The third-order valence-corrected chi connectivity index (χ3v) is 14.2. The second-order valence-electron chi connectivity index (χ2n) is 9.34. The maximum atomic E-state index is 2.53. The van der Waals surface area contributed by atoms with E-state index >= 15 is 0 Å². The Balaban J connectivity index is 2.41. The van der Waals surface area contributed by atoms with Gasteiger partial charge in [0.25, 0.3) is 0 Å². The van der Waals surface area contributed by atoms with E-state index in [-0.39, 0.29) is 0 Å². The Bertz CT molecular complexity index is 614. The Hall–Kier alpha value is -0.909. The first kappa shape index (κ1) is 19.4. The highest BCUT2D eigenvalue weighted by Crippen LogP contribution is 2.12. The lowest BCUT2D eigenvalue weighted by Gasteiger charge is -2.29. The average Bonchev–Trinajstić information content (AvgIpc) is 2.53. The van der Waals surface area contributed by atoms with Crippen molar-refractivity contribution in [3.8, 4) is 0 Å². The highest BCUT2D eigenvalue weighted by Gasteiger charge is 2.30. The second-order valence-corrected chi connectivity index (χ2v) is 24.0. The molecule has 0 amide bonds. The molecule has 2 aromatic carbocycles. The second kappa shape index (κ2) is 6.77. The SMILES string of the molecule is CC[Si](C)(c1ccc([Si](C)(C)C)cc1)c1ccc([Si](C)(C)C)cc1. The normalized spacial score (nSPS) is 13.2. The van der Waals surface area contributed by atoms with E-state index in [1.807, 2.05) is 0 Å². The predicted molar refractivity (Wildman–Crippen MR) is 120 cm³/mol. The van der Waals surface area contributed by atoms with Gasteiger partial charge in [-0.05, 0) is 0 Å². The van der Waals surface area contributed by atoms with Gasteiger partial charge >= 0.3 is 0 Å². The summed E-state index contributed by atoms with van der Waals surface area (Å²) in [6.45, 7) is 19.4. The van der Waals surface area contributed by atoms with E-state index in [4.69, 9.17) is 0 Å². The minimum absolute atomic E-state index is 1.21. The summed E-state index contributed by atoms with van der Waals surface area (Å²) >= 11 is 0. The van der Waals surface area contributed by atoms with Crippen LogP contribution in [0.5, 0.6) is 0 Å². The largest absolute Gasteiger partial charge is 0.114 e. The first-order chi connectivity index (χ1) is 11.0. The van der Waals surface area contributed by atoms with E-state index in [9.17, 15) is 0 Å². The fourth-order valence-corrected chi connectivity index (χ4v) is 8.54. The molecule has 0 heterocycles. The van der Waals surface area contributed by atoms with Gasteiger partial charge in [0.1, 0.15) is 8.07 Å². The number of hydrogen-bond donors (Lipinski definition) is 0. The van der Waals surface area contributed by atoms with Crippen LogP contribution in [0.1, 0.15) is 6.92 Å². The molecule has 0 N–H and O–H groups in total. The maximum absolute atomic E-state index is 2.53. The van der Waals surface area contributed by atoms with Crippen molar-refractivity contribution in [2.45, 2.75) is 58.8 Å². The Kier molecular flexibility index (Phi) is 5.48. The van der Waals surface area contributed by atoms with Crippen molar-refractivity contribution in [3.05, 3.63) is 48.5 Å². The molecule has 0 aromatic heterocycles. The Morgan fingerprint density at radius 1 is 0.500 bits per heavy atom. The first-order valence-electron chi connectivity index (χ1n) is 9.20. The van der Waals surface area contributed by atoms with Gasteiger partial charge in [0, 0.05) is 0 Å². The Morgan fingerprint density at radius 3 is 0.958 bits per heavy atom. The molecule has 0 aliphatic heterocycles. The highest BCUT2D eigenvalue weighted by molar-refractivity contribution is 7.01. The topological polar surface area (TPSA) is 0 Å². The average molecular weight is 371 g/mol. The lowest BCUT2D eigenvalue weighted by atomic mass is 10.3. The molecule has 0 fully saturated rings. The molecule has 0 saturated carbocycles. The molecule has 0 spiro atoms. The van der Waals surface area contributed by atoms with E-state index in [2.05, 4.69) is 101 Å². The van der Waals surface area contributed by atoms with Crippen molar-refractivity contribution < 1.29 is 0 Å². The highest BCUT2D eigenvalue weighted by atomic mass is 28.3. The number of rotatable bonds is 5. The Labute approximate surface area is 152 Å². The van der Waals surface area contributed by atoms with Crippen LogP contribution in [0.4, 0.5) is 0 Å². The molecule has 0 radical (unpaired) electrons.